The van der Waals surface area contributed by atoms with E-state index in [2.05, 4.69) is 22.1 Å². The van der Waals surface area contributed by atoms with Crippen molar-refractivity contribution < 1.29 is 0 Å². The summed E-state index contributed by atoms with van der Waals surface area (Å²) in [5, 5.41) is 1.11. The predicted molar refractivity (Wildman–Crippen MR) is 76.9 cm³/mol. The fourth-order valence-corrected chi connectivity index (χ4v) is 3.04. The summed E-state index contributed by atoms with van der Waals surface area (Å²) in [4.78, 5) is 19.5. The van der Waals surface area contributed by atoms with E-state index in [-0.39, 0.29) is 5.56 Å². The van der Waals surface area contributed by atoms with Gasteiger partial charge in [0.05, 0.1) is 6.33 Å². The van der Waals surface area contributed by atoms with Crippen LogP contribution in [0.5, 0.6) is 0 Å². The molecule has 96 valence electrons. The second-order valence-corrected chi connectivity index (χ2v) is 5.24. The van der Waals surface area contributed by atoms with Crippen LogP contribution in [0.3, 0.4) is 0 Å². The first-order chi connectivity index (χ1) is 9.28. The lowest BCUT2D eigenvalue weighted by Crippen LogP contribution is -2.07. The van der Waals surface area contributed by atoms with Gasteiger partial charge in [0.15, 0.2) is 0 Å². The smallest absolute Gasteiger partial charge is 0.248 e. The van der Waals surface area contributed by atoms with Crippen molar-refractivity contribution in [2.45, 2.75) is 13.3 Å². The highest BCUT2D eigenvalue weighted by atomic mass is 32.1. The second-order valence-electron chi connectivity index (χ2n) is 4.18. The first-order valence-corrected chi connectivity index (χ1v) is 6.90. The molecule has 0 aliphatic carbocycles. The van der Waals surface area contributed by atoms with Crippen LogP contribution >= 0.6 is 11.3 Å². The quantitative estimate of drug-likeness (QED) is 0.796. The van der Waals surface area contributed by atoms with Crippen LogP contribution in [0.2, 0.25) is 0 Å². The molecule has 3 heterocycles. The van der Waals surface area contributed by atoms with Crippen LogP contribution in [-0.4, -0.2) is 14.5 Å². The maximum absolute atomic E-state index is 11.4. The van der Waals surface area contributed by atoms with Gasteiger partial charge in [0.2, 0.25) is 5.56 Å². The van der Waals surface area contributed by atoms with Gasteiger partial charge in [0.1, 0.15) is 5.00 Å². The van der Waals surface area contributed by atoms with Crippen molar-refractivity contribution in [1.82, 2.24) is 14.5 Å². The topological polar surface area (TPSA) is 50.7 Å². The van der Waals surface area contributed by atoms with E-state index < -0.39 is 0 Å². The van der Waals surface area contributed by atoms with Crippen LogP contribution in [0.1, 0.15) is 12.6 Å². The second kappa shape index (κ2) is 4.85. The highest BCUT2D eigenvalue weighted by Gasteiger charge is 2.08. The van der Waals surface area contributed by atoms with E-state index in [1.807, 2.05) is 23.8 Å². The van der Waals surface area contributed by atoms with Crippen molar-refractivity contribution in [3.63, 3.8) is 0 Å². The van der Waals surface area contributed by atoms with Gasteiger partial charge in [-0.05, 0) is 24.6 Å². The van der Waals surface area contributed by atoms with E-state index >= 15 is 0 Å². The molecule has 0 saturated heterocycles. The molecule has 0 bridgehead atoms. The molecule has 0 fully saturated rings. The van der Waals surface area contributed by atoms with Crippen LogP contribution in [0.4, 0.5) is 0 Å². The number of imidazole rings is 1. The molecule has 4 nitrogen and oxygen atoms in total. The highest BCUT2D eigenvalue weighted by molar-refractivity contribution is 7.17. The standard InChI is InChI=1S/C14H13N3OS/c1-2-11-10(3-5-13(18)16-11)12-4-6-14(19-12)17-8-7-15-9-17/h3-9H,2H2,1H3,(H,16,18). The summed E-state index contributed by atoms with van der Waals surface area (Å²) < 4.78 is 1.98. The average Bonchev–Trinajstić information content (AvgIpc) is 3.09. The molecule has 0 aromatic carbocycles. The first kappa shape index (κ1) is 11.9. The number of hydrogen-bond donors (Lipinski definition) is 1. The molecule has 0 amide bonds. The van der Waals surface area contributed by atoms with Gasteiger partial charge in [-0.1, -0.05) is 6.92 Å². The van der Waals surface area contributed by atoms with Crippen LogP contribution in [0.15, 0.2) is 47.8 Å². The summed E-state index contributed by atoms with van der Waals surface area (Å²) in [6.45, 7) is 2.04. The van der Waals surface area contributed by atoms with Gasteiger partial charge in [-0.25, -0.2) is 4.98 Å². The molecule has 19 heavy (non-hydrogen) atoms. The molecule has 3 aromatic rings. The van der Waals surface area contributed by atoms with Crippen LogP contribution in [0.25, 0.3) is 15.4 Å². The van der Waals surface area contributed by atoms with Crippen LogP contribution in [-0.2, 0) is 6.42 Å². The molecular weight excluding hydrogens is 258 g/mol. The van der Waals surface area contributed by atoms with Crippen molar-refractivity contribution in [1.29, 1.82) is 0 Å². The Morgan fingerprint density at radius 1 is 1.32 bits per heavy atom. The Kier molecular flexibility index (Phi) is 3.05. The zero-order valence-corrected chi connectivity index (χ0v) is 11.3. The van der Waals surface area contributed by atoms with Crippen molar-refractivity contribution in [3.05, 3.63) is 59.0 Å². The van der Waals surface area contributed by atoms with Gasteiger partial charge < -0.3 is 4.98 Å². The van der Waals surface area contributed by atoms with Gasteiger partial charge in [-0.2, -0.15) is 0 Å². The first-order valence-electron chi connectivity index (χ1n) is 6.08. The number of nitrogens with zero attached hydrogens (tertiary/aromatic N) is 2. The van der Waals surface area contributed by atoms with Crippen molar-refractivity contribution in [3.8, 4) is 15.4 Å². The van der Waals surface area contributed by atoms with Crippen molar-refractivity contribution in [2.75, 3.05) is 0 Å². The van der Waals surface area contributed by atoms with E-state index in [0.717, 1.165) is 27.6 Å². The zero-order valence-electron chi connectivity index (χ0n) is 10.5. The molecule has 3 rings (SSSR count). The third kappa shape index (κ3) is 2.24. The molecule has 1 N–H and O–H groups in total. The van der Waals surface area contributed by atoms with E-state index in [9.17, 15) is 4.79 Å². The molecule has 0 aliphatic rings. The van der Waals surface area contributed by atoms with Gasteiger partial charge in [0, 0.05) is 34.6 Å². The predicted octanol–water partition coefficient (Wildman–Crippen LogP) is 2.85. The minimum absolute atomic E-state index is 0.0491. The Morgan fingerprint density at radius 3 is 2.95 bits per heavy atom. The van der Waals surface area contributed by atoms with E-state index in [4.69, 9.17) is 0 Å². The van der Waals surface area contributed by atoms with Crippen molar-refractivity contribution >= 4 is 11.3 Å². The Morgan fingerprint density at radius 2 is 2.21 bits per heavy atom. The van der Waals surface area contributed by atoms with E-state index in [1.165, 1.54) is 0 Å². The van der Waals surface area contributed by atoms with Crippen LogP contribution < -0.4 is 5.56 Å². The summed E-state index contributed by atoms with van der Waals surface area (Å²) in [5.41, 5.74) is 2.02. The minimum Gasteiger partial charge on any atom is -0.326 e. The maximum Gasteiger partial charge on any atom is 0.248 e. The Balaban J connectivity index is 2.06. The monoisotopic (exact) mass is 271 g/mol. The van der Waals surface area contributed by atoms with Crippen molar-refractivity contribution in [2.24, 2.45) is 0 Å². The highest BCUT2D eigenvalue weighted by Crippen LogP contribution is 2.31. The molecule has 0 spiro atoms. The van der Waals surface area contributed by atoms with E-state index in [0.29, 0.717) is 0 Å². The third-order valence-electron chi connectivity index (χ3n) is 2.97. The summed E-state index contributed by atoms with van der Waals surface area (Å²) in [7, 11) is 0. The number of nitrogens with one attached hydrogen (secondary N) is 1. The fourth-order valence-electron chi connectivity index (χ4n) is 2.03. The lowest BCUT2D eigenvalue weighted by atomic mass is 10.1. The number of aromatic nitrogens is 3. The lowest BCUT2D eigenvalue weighted by Gasteiger charge is -2.04. The molecule has 0 atom stereocenters. The number of thiophene rings is 1. The number of pyridine rings is 1. The van der Waals surface area contributed by atoms with Crippen LogP contribution in [0, 0.1) is 0 Å². The number of hydrogen-bond acceptors (Lipinski definition) is 3. The van der Waals surface area contributed by atoms with Gasteiger partial charge in [-0.3, -0.25) is 9.36 Å². The van der Waals surface area contributed by atoms with Gasteiger partial charge >= 0.3 is 0 Å². The normalized spacial score (nSPS) is 10.8. The van der Waals surface area contributed by atoms with Gasteiger partial charge in [-0.15, -0.1) is 11.3 Å². The van der Waals surface area contributed by atoms with E-state index in [1.54, 1.807) is 29.9 Å². The number of H-pyrrole nitrogens is 1. The molecule has 5 heteroatoms. The Hall–Kier alpha value is -2.14. The lowest BCUT2D eigenvalue weighted by molar-refractivity contribution is 1.02. The maximum atomic E-state index is 11.4. The molecule has 0 aliphatic heterocycles. The molecular formula is C14H13N3OS. The molecule has 0 unspecified atom stereocenters. The SMILES string of the molecule is CCc1[nH]c(=O)ccc1-c1ccc(-n2ccnc2)s1. The Labute approximate surface area is 114 Å². The summed E-state index contributed by atoms with van der Waals surface area (Å²) in [6.07, 6.45) is 6.27. The molecule has 0 saturated carbocycles. The third-order valence-corrected chi connectivity index (χ3v) is 4.10. The number of aryl methyl sites for hydroxylation is 1. The number of aromatic amines is 1. The largest absolute Gasteiger partial charge is 0.326 e. The average molecular weight is 271 g/mol. The molecule has 0 radical (unpaired) electrons. The summed E-state index contributed by atoms with van der Waals surface area (Å²) in [6, 6.07) is 7.60. The Bertz CT molecular complexity index is 740. The summed E-state index contributed by atoms with van der Waals surface area (Å²) >= 11 is 1.68. The number of rotatable bonds is 3. The fraction of sp³-hybridized carbons (Fsp3) is 0.143. The zero-order chi connectivity index (χ0) is 13.2. The minimum atomic E-state index is -0.0491. The summed E-state index contributed by atoms with van der Waals surface area (Å²) in [5.74, 6) is 0. The molecule has 3 aromatic heterocycles. The van der Waals surface area contributed by atoms with Gasteiger partial charge in [0.25, 0.3) is 0 Å².